The van der Waals surface area contributed by atoms with Crippen molar-refractivity contribution in [2.24, 2.45) is 0 Å². The van der Waals surface area contributed by atoms with Crippen molar-refractivity contribution in [3.8, 4) is 11.1 Å². The van der Waals surface area contributed by atoms with Gasteiger partial charge < -0.3 is 25.7 Å². The molecule has 1 saturated heterocycles. The van der Waals surface area contributed by atoms with Crippen molar-refractivity contribution in [2.75, 3.05) is 26.2 Å². The van der Waals surface area contributed by atoms with Crippen LogP contribution in [0.15, 0.2) is 42.5 Å². The molecule has 0 aliphatic carbocycles. The third kappa shape index (κ3) is 4.45. The zero-order valence-corrected chi connectivity index (χ0v) is 14.9. The molecule has 4 N–H and O–H groups in total. The van der Waals surface area contributed by atoms with E-state index in [1.54, 1.807) is 35.2 Å². The molecule has 7 nitrogen and oxygen atoms in total. The molecule has 2 aromatic rings. The molecule has 0 atom stereocenters. The molecule has 0 unspecified atom stereocenters. The summed E-state index contributed by atoms with van der Waals surface area (Å²) in [6, 6.07) is 12.4. The first-order chi connectivity index (χ1) is 13.1. The van der Waals surface area contributed by atoms with E-state index in [4.69, 9.17) is 0 Å². The van der Waals surface area contributed by atoms with Crippen molar-refractivity contribution < 1.29 is 19.8 Å². The summed E-state index contributed by atoms with van der Waals surface area (Å²) in [7, 11) is 0. The predicted octanol–water partition coefficient (Wildman–Crippen LogP) is 1.09. The summed E-state index contributed by atoms with van der Waals surface area (Å²) in [5.74, 6) is -0.214. The molecule has 2 aromatic carbocycles. The average Bonchev–Trinajstić information content (AvgIpc) is 3.12. The van der Waals surface area contributed by atoms with E-state index in [9.17, 15) is 19.8 Å². The number of hydrogen-bond donors (Lipinski definition) is 4. The predicted molar refractivity (Wildman–Crippen MR) is 101 cm³/mol. The minimum absolute atomic E-state index is 0.0925. The zero-order chi connectivity index (χ0) is 19.2. The van der Waals surface area contributed by atoms with Gasteiger partial charge in [0.2, 0.25) is 0 Å². The van der Waals surface area contributed by atoms with Crippen molar-refractivity contribution in [1.29, 1.82) is 0 Å². The highest BCUT2D eigenvalue weighted by molar-refractivity contribution is 5.95. The summed E-state index contributed by atoms with van der Waals surface area (Å²) in [6.45, 7) is 1.88. The molecule has 27 heavy (non-hydrogen) atoms. The van der Waals surface area contributed by atoms with Gasteiger partial charge in [-0.25, -0.2) is 4.79 Å². The minimum Gasteiger partial charge on any atom is -0.392 e. The summed E-state index contributed by atoms with van der Waals surface area (Å²) in [6.07, 6.45) is 0. The fraction of sp³-hybridized carbons (Fsp3) is 0.300. The molecule has 1 fully saturated rings. The number of amides is 3. The fourth-order valence-corrected chi connectivity index (χ4v) is 3.12. The smallest absolute Gasteiger partial charge is 0.317 e. The highest BCUT2D eigenvalue weighted by Crippen LogP contribution is 2.26. The number of benzene rings is 2. The van der Waals surface area contributed by atoms with E-state index in [1.165, 1.54) is 0 Å². The van der Waals surface area contributed by atoms with Gasteiger partial charge in [-0.2, -0.15) is 0 Å². The topological polar surface area (TPSA) is 102 Å². The van der Waals surface area contributed by atoms with Gasteiger partial charge in [-0.3, -0.25) is 4.79 Å². The molecule has 0 bridgehead atoms. The Morgan fingerprint density at radius 1 is 1.15 bits per heavy atom. The van der Waals surface area contributed by atoms with Crippen LogP contribution in [0, 0.1) is 0 Å². The molecule has 3 amide bonds. The Morgan fingerprint density at radius 2 is 2.00 bits per heavy atom. The lowest BCUT2D eigenvalue weighted by atomic mass is 9.96. The molecule has 142 valence electrons. The maximum Gasteiger partial charge on any atom is 0.317 e. The second kappa shape index (κ2) is 8.66. The van der Waals surface area contributed by atoms with E-state index in [0.29, 0.717) is 37.3 Å². The molecular formula is C20H23N3O4. The number of nitrogens with zero attached hydrogens (tertiary/aromatic N) is 1. The van der Waals surface area contributed by atoms with Crippen LogP contribution in [0.5, 0.6) is 0 Å². The quantitative estimate of drug-likeness (QED) is 0.587. The van der Waals surface area contributed by atoms with Gasteiger partial charge in [-0.05, 0) is 34.4 Å². The van der Waals surface area contributed by atoms with Crippen LogP contribution >= 0.6 is 0 Å². The van der Waals surface area contributed by atoms with Gasteiger partial charge in [-0.1, -0.05) is 30.3 Å². The lowest BCUT2D eigenvalue weighted by Crippen LogP contribution is -2.36. The van der Waals surface area contributed by atoms with Crippen molar-refractivity contribution >= 4 is 11.9 Å². The van der Waals surface area contributed by atoms with Crippen LogP contribution in [0.1, 0.15) is 21.5 Å². The first-order valence-corrected chi connectivity index (χ1v) is 8.87. The molecule has 3 rings (SSSR count). The minimum atomic E-state index is -0.214. The Labute approximate surface area is 157 Å². The molecule has 0 spiro atoms. The van der Waals surface area contributed by atoms with Gasteiger partial charge in [0.15, 0.2) is 0 Å². The standard InChI is InChI=1S/C20H23N3O4/c24-12-14-4-5-18(17(10-14)13-25)15-2-1-3-16(11-15)19(26)21-6-8-23-9-7-22-20(23)27/h1-5,10-11,24-25H,6-9,12-13H2,(H,21,26)(H,22,27). The molecule has 0 aromatic heterocycles. The number of carbonyl (C=O) groups is 2. The van der Waals surface area contributed by atoms with Crippen LogP contribution in [-0.2, 0) is 13.2 Å². The highest BCUT2D eigenvalue weighted by atomic mass is 16.3. The number of hydrogen-bond acceptors (Lipinski definition) is 4. The third-order valence-corrected chi connectivity index (χ3v) is 4.57. The summed E-state index contributed by atoms with van der Waals surface area (Å²) >= 11 is 0. The fourth-order valence-electron chi connectivity index (χ4n) is 3.12. The molecular weight excluding hydrogens is 346 g/mol. The maximum atomic E-state index is 12.4. The normalized spacial score (nSPS) is 13.6. The highest BCUT2D eigenvalue weighted by Gasteiger charge is 2.18. The number of carbonyl (C=O) groups excluding carboxylic acids is 2. The van der Waals surface area contributed by atoms with Crippen LogP contribution in [-0.4, -0.2) is 53.2 Å². The first-order valence-electron chi connectivity index (χ1n) is 8.87. The Morgan fingerprint density at radius 3 is 2.70 bits per heavy atom. The first kappa shape index (κ1) is 18.9. The Bertz CT molecular complexity index is 838. The Balaban J connectivity index is 1.69. The van der Waals surface area contributed by atoms with E-state index in [1.807, 2.05) is 12.1 Å². The molecule has 1 aliphatic heterocycles. The SMILES string of the molecule is O=C(NCCN1CCNC1=O)c1cccc(-c2ccc(CO)cc2CO)c1. The van der Waals surface area contributed by atoms with E-state index in [2.05, 4.69) is 10.6 Å². The lowest BCUT2D eigenvalue weighted by Gasteiger charge is -2.15. The van der Waals surface area contributed by atoms with Crippen LogP contribution in [0.3, 0.4) is 0 Å². The van der Waals surface area contributed by atoms with Gasteiger partial charge in [0.25, 0.3) is 5.91 Å². The molecule has 0 radical (unpaired) electrons. The molecule has 7 heteroatoms. The monoisotopic (exact) mass is 369 g/mol. The van der Waals surface area contributed by atoms with Gasteiger partial charge >= 0.3 is 6.03 Å². The summed E-state index contributed by atoms with van der Waals surface area (Å²) in [5, 5.41) is 24.4. The molecule has 1 aliphatic rings. The van der Waals surface area contributed by atoms with Gasteiger partial charge in [-0.15, -0.1) is 0 Å². The van der Waals surface area contributed by atoms with E-state index < -0.39 is 0 Å². The van der Waals surface area contributed by atoms with Crippen molar-refractivity contribution in [1.82, 2.24) is 15.5 Å². The number of aliphatic hydroxyl groups is 2. The van der Waals surface area contributed by atoms with E-state index in [0.717, 1.165) is 16.7 Å². The van der Waals surface area contributed by atoms with Crippen LogP contribution in [0.25, 0.3) is 11.1 Å². The number of rotatable bonds is 7. The van der Waals surface area contributed by atoms with E-state index >= 15 is 0 Å². The van der Waals surface area contributed by atoms with Crippen LogP contribution in [0.4, 0.5) is 4.79 Å². The van der Waals surface area contributed by atoms with Gasteiger partial charge in [0.05, 0.1) is 13.2 Å². The van der Waals surface area contributed by atoms with Crippen molar-refractivity contribution in [2.45, 2.75) is 13.2 Å². The number of urea groups is 1. The molecule has 1 heterocycles. The molecule has 0 saturated carbocycles. The largest absolute Gasteiger partial charge is 0.392 e. The summed E-state index contributed by atoms with van der Waals surface area (Å²) in [4.78, 5) is 25.6. The third-order valence-electron chi connectivity index (χ3n) is 4.57. The van der Waals surface area contributed by atoms with Gasteiger partial charge in [0.1, 0.15) is 0 Å². The van der Waals surface area contributed by atoms with Crippen LogP contribution in [0.2, 0.25) is 0 Å². The Kier molecular flexibility index (Phi) is 6.05. The number of aliphatic hydroxyl groups excluding tert-OH is 2. The Hall–Kier alpha value is -2.90. The maximum absolute atomic E-state index is 12.4. The lowest BCUT2D eigenvalue weighted by molar-refractivity contribution is 0.0950. The zero-order valence-electron chi connectivity index (χ0n) is 14.9. The average molecular weight is 369 g/mol. The summed E-state index contributed by atoms with van der Waals surface area (Å²) < 4.78 is 0. The van der Waals surface area contributed by atoms with E-state index in [-0.39, 0.29) is 25.2 Å². The van der Waals surface area contributed by atoms with Crippen molar-refractivity contribution in [3.63, 3.8) is 0 Å². The van der Waals surface area contributed by atoms with Gasteiger partial charge in [0, 0.05) is 31.7 Å². The van der Waals surface area contributed by atoms with Crippen LogP contribution < -0.4 is 10.6 Å². The number of nitrogens with one attached hydrogen (secondary N) is 2. The summed E-state index contributed by atoms with van der Waals surface area (Å²) in [5.41, 5.74) is 3.56. The second-order valence-electron chi connectivity index (χ2n) is 6.36. The van der Waals surface area contributed by atoms with Crippen molar-refractivity contribution in [3.05, 3.63) is 59.2 Å². The second-order valence-corrected chi connectivity index (χ2v) is 6.36.